The average Bonchev–Trinajstić information content (AvgIpc) is 3.47. The van der Waals surface area contributed by atoms with Crippen LogP contribution < -0.4 is 0 Å². The molecule has 0 saturated heterocycles. The number of hydrogen-bond donors (Lipinski definition) is 0. The van der Waals surface area contributed by atoms with Crippen molar-refractivity contribution in [2.45, 2.75) is 34.2 Å². The minimum atomic E-state index is -0.556. The number of esters is 1. The molecule has 3 aromatic heterocycles. The summed E-state index contributed by atoms with van der Waals surface area (Å²) in [6, 6.07) is 15.1. The number of ether oxygens (including phenoxy) is 1. The van der Waals surface area contributed by atoms with Crippen molar-refractivity contribution in [2.24, 2.45) is 0 Å². The summed E-state index contributed by atoms with van der Waals surface area (Å²) >= 11 is 0. The Morgan fingerprint density at radius 2 is 1.75 bits per heavy atom. The summed E-state index contributed by atoms with van der Waals surface area (Å²) in [4.78, 5) is 25.6. The van der Waals surface area contributed by atoms with E-state index in [1.807, 2.05) is 73.9 Å². The highest BCUT2D eigenvalue weighted by Crippen LogP contribution is 2.21. The zero-order valence-corrected chi connectivity index (χ0v) is 18.6. The van der Waals surface area contributed by atoms with Crippen LogP contribution in [-0.2, 0) is 11.3 Å². The van der Waals surface area contributed by atoms with Crippen LogP contribution in [0.2, 0.25) is 0 Å². The van der Waals surface area contributed by atoms with Crippen LogP contribution in [-0.4, -0.2) is 32.7 Å². The van der Waals surface area contributed by atoms with E-state index in [0.717, 1.165) is 22.8 Å². The Balaban J connectivity index is 1.48. The van der Waals surface area contributed by atoms with E-state index in [1.165, 1.54) is 0 Å². The molecule has 0 fully saturated rings. The van der Waals surface area contributed by atoms with Gasteiger partial charge in [-0.2, -0.15) is 5.10 Å². The van der Waals surface area contributed by atoms with Crippen LogP contribution in [0, 0.1) is 27.7 Å². The molecule has 0 bridgehead atoms. The molecule has 0 radical (unpaired) electrons. The number of Topliss-reactive ketones (excluding diaryl/α,β-unsaturated/α-hetero) is 1. The first-order chi connectivity index (χ1) is 15.4. The van der Waals surface area contributed by atoms with Gasteiger partial charge in [-0.05, 0) is 58.0 Å². The third-order valence-electron chi connectivity index (χ3n) is 5.60. The summed E-state index contributed by atoms with van der Waals surface area (Å²) in [5, 5.41) is 4.47. The lowest BCUT2D eigenvalue weighted by Gasteiger charge is -2.08. The first-order valence-corrected chi connectivity index (χ1v) is 10.4. The van der Waals surface area contributed by atoms with Gasteiger partial charge in [-0.1, -0.05) is 18.2 Å². The van der Waals surface area contributed by atoms with E-state index in [0.29, 0.717) is 29.1 Å². The third-order valence-corrected chi connectivity index (χ3v) is 5.60. The molecule has 0 aliphatic carbocycles. The second-order valence-corrected chi connectivity index (χ2v) is 7.74. The van der Waals surface area contributed by atoms with Gasteiger partial charge in [0.1, 0.15) is 11.3 Å². The largest absolute Gasteiger partial charge is 0.467 e. The molecule has 4 aromatic rings. The standard InChI is InChI=1S/C25H25N3O4/c1-16-13-22(18(3)27(16)14-21-11-8-12-31-21)23(29)15-32-25(30)24-17(2)26-28(19(24)4)20-9-6-5-7-10-20/h5-13H,14-15H2,1-4H3. The number of ketones is 1. The van der Waals surface area contributed by atoms with E-state index in [2.05, 4.69) is 5.10 Å². The number of para-hydroxylation sites is 1. The van der Waals surface area contributed by atoms with E-state index < -0.39 is 5.97 Å². The van der Waals surface area contributed by atoms with E-state index in [9.17, 15) is 9.59 Å². The molecule has 0 atom stereocenters. The minimum absolute atomic E-state index is 0.247. The lowest BCUT2D eigenvalue weighted by molar-refractivity contribution is 0.0473. The number of rotatable bonds is 7. The first kappa shape index (κ1) is 21.4. The van der Waals surface area contributed by atoms with Gasteiger partial charge in [0.2, 0.25) is 5.78 Å². The fourth-order valence-electron chi connectivity index (χ4n) is 3.92. The van der Waals surface area contributed by atoms with Gasteiger partial charge < -0.3 is 13.7 Å². The molecule has 7 nitrogen and oxygen atoms in total. The van der Waals surface area contributed by atoms with Gasteiger partial charge in [0.05, 0.1) is 29.9 Å². The number of nitrogens with zero attached hydrogens (tertiary/aromatic N) is 3. The van der Waals surface area contributed by atoms with Gasteiger partial charge in [0.25, 0.3) is 0 Å². The first-order valence-electron chi connectivity index (χ1n) is 10.4. The van der Waals surface area contributed by atoms with Crippen LogP contribution in [0.4, 0.5) is 0 Å². The van der Waals surface area contributed by atoms with Crippen LogP contribution in [0.3, 0.4) is 0 Å². The summed E-state index contributed by atoms with van der Waals surface area (Å²) in [5.41, 5.74) is 4.74. The maximum absolute atomic E-state index is 12.8. The highest BCUT2D eigenvalue weighted by molar-refractivity contribution is 6.00. The molecule has 0 aliphatic heterocycles. The van der Waals surface area contributed by atoms with Crippen molar-refractivity contribution >= 4 is 11.8 Å². The average molecular weight is 431 g/mol. The zero-order chi connectivity index (χ0) is 22.8. The number of hydrogen-bond acceptors (Lipinski definition) is 5. The van der Waals surface area contributed by atoms with Crippen LogP contribution >= 0.6 is 0 Å². The van der Waals surface area contributed by atoms with Gasteiger partial charge in [-0.3, -0.25) is 4.79 Å². The van der Waals surface area contributed by atoms with Crippen molar-refractivity contribution in [2.75, 3.05) is 6.61 Å². The topological polar surface area (TPSA) is 79.3 Å². The highest BCUT2D eigenvalue weighted by Gasteiger charge is 2.23. The predicted octanol–water partition coefficient (Wildman–Crippen LogP) is 4.59. The van der Waals surface area contributed by atoms with Gasteiger partial charge in [0, 0.05) is 17.0 Å². The molecule has 1 aromatic carbocycles. The van der Waals surface area contributed by atoms with Crippen LogP contribution in [0.1, 0.15) is 49.3 Å². The number of benzene rings is 1. The monoisotopic (exact) mass is 431 g/mol. The number of carbonyl (C=O) groups excluding carboxylic acids is 2. The van der Waals surface area contributed by atoms with E-state index in [1.54, 1.807) is 17.9 Å². The Morgan fingerprint density at radius 3 is 2.44 bits per heavy atom. The zero-order valence-electron chi connectivity index (χ0n) is 18.6. The van der Waals surface area contributed by atoms with Crippen LogP contribution in [0.15, 0.2) is 59.2 Å². The molecule has 3 heterocycles. The fraction of sp³-hybridized carbons (Fsp3) is 0.240. The normalized spacial score (nSPS) is 11.0. The Labute approximate surface area is 186 Å². The number of aryl methyl sites for hydroxylation is 2. The van der Waals surface area contributed by atoms with Crippen molar-refractivity contribution in [3.8, 4) is 5.69 Å². The lowest BCUT2D eigenvalue weighted by atomic mass is 10.1. The van der Waals surface area contributed by atoms with Crippen LogP contribution in [0.25, 0.3) is 5.69 Å². The predicted molar refractivity (Wildman–Crippen MR) is 119 cm³/mol. The highest BCUT2D eigenvalue weighted by atomic mass is 16.5. The summed E-state index contributed by atoms with van der Waals surface area (Å²) in [6.45, 7) is 7.58. The number of carbonyl (C=O) groups is 2. The van der Waals surface area contributed by atoms with Gasteiger partial charge >= 0.3 is 5.97 Å². The maximum Gasteiger partial charge on any atom is 0.342 e. The molecule has 7 heteroatoms. The molecule has 4 rings (SSSR count). The SMILES string of the molecule is Cc1nn(-c2ccccc2)c(C)c1C(=O)OCC(=O)c1cc(C)n(Cc2ccco2)c1C. The fourth-order valence-corrected chi connectivity index (χ4v) is 3.92. The lowest BCUT2D eigenvalue weighted by Crippen LogP contribution is -2.16. The summed E-state index contributed by atoms with van der Waals surface area (Å²) < 4.78 is 14.5. The molecular weight excluding hydrogens is 406 g/mol. The minimum Gasteiger partial charge on any atom is -0.467 e. The summed E-state index contributed by atoms with van der Waals surface area (Å²) in [6.07, 6.45) is 1.62. The molecule has 0 unspecified atom stereocenters. The Hall–Kier alpha value is -3.87. The smallest absolute Gasteiger partial charge is 0.342 e. The Morgan fingerprint density at radius 1 is 1.00 bits per heavy atom. The van der Waals surface area contributed by atoms with Crippen molar-refractivity contribution < 1.29 is 18.7 Å². The van der Waals surface area contributed by atoms with E-state index in [4.69, 9.17) is 9.15 Å². The van der Waals surface area contributed by atoms with E-state index in [-0.39, 0.29) is 12.4 Å². The summed E-state index contributed by atoms with van der Waals surface area (Å²) in [7, 11) is 0. The molecule has 0 N–H and O–H groups in total. The van der Waals surface area contributed by atoms with Gasteiger partial charge in [-0.15, -0.1) is 0 Å². The maximum atomic E-state index is 12.8. The van der Waals surface area contributed by atoms with Crippen molar-refractivity contribution in [3.05, 3.63) is 94.5 Å². The number of aromatic nitrogens is 3. The van der Waals surface area contributed by atoms with E-state index >= 15 is 0 Å². The number of furan rings is 1. The molecule has 0 saturated carbocycles. The quantitative estimate of drug-likeness (QED) is 0.316. The molecule has 0 spiro atoms. The van der Waals surface area contributed by atoms with Crippen molar-refractivity contribution in [1.82, 2.24) is 14.3 Å². The van der Waals surface area contributed by atoms with Crippen LogP contribution in [0.5, 0.6) is 0 Å². The van der Waals surface area contributed by atoms with Crippen molar-refractivity contribution in [1.29, 1.82) is 0 Å². The molecular formula is C25H25N3O4. The molecule has 0 amide bonds. The second-order valence-electron chi connectivity index (χ2n) is 7.74. The molecule has 32 heavy (non-hydrogen) atoms. The third kappa shape index (κ3) is 4.01. The van der Waals surface area contributed by atoms with Gasteiger partial charge in [-0.25, -0.2) is 9.48 Å². The second kappa shape index (κ2) is 8.70. The Bertz CT molecular complexity index is 1260. The van der Waals surface area contributed by atoms with Gasteiger partial charge in [0.15, 0.2) is 6.61 Å². The molecule has 0 aliphatic rings. The van der Waals surface area contributed by atoms with Crippen molar-refractivity contribution in [3.63, 3.8) is 0 Å². The summed E-state index contributed by atoms with van der Waals surface area (Å²) in [5.74, 6) is 0.00133. The molecule has 164 valence electrons. The Kier molecular flexibility index (Phi) is 5.81.